The van der Waals surface area contributed by atoms with Crippen molar-refractivity contribution in [1.82, 2.24) is 4.90 Å². The molecule has 1 unspecified atom stereocenters. The number of carbonyl (C=O) groups excluding carboxylic acids is 2. The van der Waals surface area contributed by atoms with E-state index in [1.54, 1.807) is 16.7 Å². The molecule has 1 spiro atoms. The van der Waals surface area contributed by atoms with Crippen molar-refractivity contribution in [3.8, 4) is 0 Å². The van der Waals surface area contributed by atoms with Gasteiger partial charge in [-0.2, -0.15) is 0 Å². The van der Waals surface area contributed by atoms with Gasteiger partial charge in [0.1, 0.15) is 0 Å². The van der Waals surface area contributed by atoms with Gasteiger partial charge in [0.2, 0.25) is 0 Å². The molecule has 1 saturated heterocycles. The van der Waals surface area contributed by atoms with Crippen LogP contribution in [0.3, 0.4) is 0 Å². The number of carbonyl (C=O) groups is 2. The Bertz CT molecular complexity index is 1240. The second kappa shape index (κ2) is 7.82. The summed E-state index contributed by atoms with van der Waals surface area (Å²) in [6, 6.07) is 22.0. The molecular formula is C27H26N2O2S. The smallest absolute Gasteiger partial charge is 0.268 e. The van der Waals surface area contributed by atoms with Crippen LogP contribution in [0.5, 0.6) is 0 Å². The minimum absolute atomic E-state index is 0.0240. The third kappa shape index (κ3) is 3.15. The lowest BCUT2D eigenvalue weighted by atomic mass is 10.0. The highest BCUT2D eigenvalue weighted by Gasteiger charge is 2.59. The molecule has 0 N–H and O–H groups in total. The third-order valence-corrected chi connectivity index (χ3v) is 7.81. The van der Waals surface area contributed by atoms with Crippen molar-refractivity contribution in [2.75, 3.05) is 17.2 Å². The van der Waals surface area contributed by atoms with Crippen LogP contribution in [0.25, 0.3) is 0 Å². The molecule has 0 radical (unpaired) electrons. The van der Waals surface area contributed by atoms with Crippen LogP contribution in [-0.2, 0) is 16.2 Å². The van der Waals surface area contributed by atoms with Crippen LogP contribution in [0, 0.1) is 20.8 Å². The number of hydrogen-bond acceptors (Lipinski definition) is 3. The van der Waals surface area contributed by atoms with Crippen molar-refractivity contribution < 1.29 is 9.59 Å². The number of thioether (sulfide) groups is 1. The molecule has 4 nitrogen and oxygen atoms in total. The minimum atomic E-state index is -1.01. The van der Waals surface area contributed by atoms with E-state index in [0.717, 1.165) is 33.7 Å². The highest BCUT2D eigenvalue weighted by Crippen LogP contribution is 2.55. The average Bonchev–Trinajstić information content (AvgIpc) is 3.31. The molecule has 0 aliphatic carbocycles. The molecule has 1 atom stereocenters. The molecule has 162 valence electrons. The van der Waals surface area contributed by atoms with Gasteiger partial charge in [-0.15, -0.1) is 11.8 Å². The minimum Gasteiger partial charge on any atom is -0.311 e. The van der Waals surface area contributed by atoms with Crippen LogP contribution in [0.2, 0.25) is 0 Å². The number of aryl methyl sites for hydroxylation is 3. The molecule has 5 heteroatoms. The zero-order valence-corrected chi connectivity index (χ0v) is 19.4. The van der Waals surface area contributed by atoms with E-state index in [0.29, 0.717) is 18.7 Å². The lowest BCUT2D eigenvalue weighted by Gasteiger charge is -2.33. The maximum Gasteiger partial charge on any atom is 0.268 e. The zero-order chi connectivity index (χ0) is 22.5. The summed E-state index contributed by atoms with van der Waals surface area (Å²) in [4.78, 5) is 30.5. The van der Waals surface area contributed by atoms with E-state index in [2.05, 4.69) is 31.2 Å². The molecule has 0 bridgehead atoms. The van der Waals surface area contributed by atoms with Crippen LogP contribution in [0.1, 0.15) is 38.2 Å². The van der Waals surface area contributed by atoms with E-state index in [1.807, 2.05) is 61.2 Å². The summed E-state index contributed by atoms with van der Waals surface area (Å²) in [5.74, 6) is 0.630. The standard InChI is InChI=1S/C27H26N2O2S/c1-18-7-6-9-21(15-18)17-28-24-12-11-19(2)16-23(24)27(26(28)31)29(13-14-32-27)25(30)22-10-5-4-8-20(22)3/h4-12,15-16H,13-14,17H2,1-3H3. The van der Waals surface area contributed by atoms with E-state index < -0.39 is 4.87 Å². The van der Waals surface area contributed by atoms with Gasteiger partial charge in [-0.1, -0.05) is 65.7 Å². The summed E-state index contributed by atoms with van der Waals surface area (Å²) < 4.78 is 0. The predicted molar refractivity (Wildman–Crippen MR) is 130 cm³/mol. The molecule has 0 aromatic heterocycles. The van der Waals surface area contributed by atoms with E-state index >= 15 is 0 Å². The molecule has 1 fully saturated rings. The maximum atomic E-state index is 14.1. The van der Waals surface area contributed by atoms with Gasteiger partial charge in [0.05, 0.1) is 12.2 Å². The van der Waals surface area contributed by atoms with Crippen molar-refractivity contribution >= 4 is 29.3 Å². The Morgan fingerprint density at radius 1 is 0.969 bits per heavy atom. The Kier molecular flexibility index (Phi) is 5.09. The van der Waals surface area contributed by atoms with Crippen molar-refractivity contribution in [1.29, 1.82) is 0 Å². The van der Waals surface area contributed by atoms with Crippen molar-refractivity contribution in [2.24, 2.45) is 0 Å². The number of benzene rings is 3. The number of hydrogen-bond donors (Lipinski definition) is 0. The molecule has 2 aliphatic heterocycles. The fourth-order valence-corrected chi connectivity index (χ4v) is 6.29. The zero-order valence-electron chi connectivity index (χ0n) is 18.6. The number of anilines is 1. The van der Waals surface area contributed by atoms with E-state index in [9.17, 15) is 9.59 Å². The summed E-state index contributed by atoms with van der Waals surface area (Å²) in [5, 5.41) is 0. The van der Waals surface area contributed by atoms with Gasteiger partial charge in [0.15, 0.2) is 4.87 Å². The Morgan fingerprint density at radius 2 is 1.75 bits per heavy atom. The number of amides is 2. The molecular weight excluding hydrogens is 416 g/mol. The highest BCUT2D eigenvalue weighted by molar-refractivity contribution is 8.01. The lowest BCUT2D eigenvalue weighted by Crippen LogP contribution is -2.50. The number of fused-ring (bicyclic) bond motifs is 2. The van der Waals surface area contributed by atoms with Gasteiger partial charge in [-0.25, -0.2) is 0 Å². The molecule has 2 heterocycles. The molecule has 2 aliphatic rings. The van der Waals surface area contributed by atoms with E-state index in [-0.39, 0.29) is 11.8 Å². The summed E-state index contributed by atoms with van der Waals surface area (Å²) in [6.45, 7) is 7.08. The summed E-state index contributed by atoms with van der Waals surface area (Å²) in [7, 11) is 0. The molecule has 3 aromatic carbocycles. The van der Waals surface area contributed by atoms with Crippen LogP contribution >= 0.6 is 11.8 Å². The summed E-state index contributed by atoms with van der Waals surface area (Å²) >= 11 is 1.58. The van der Waals surface area contributed by atoms with E-state index in [4.69, 9.17) is 0 Å². The number of nitrogens with zero attached hydrogens (tertiary/aromatic N) is 2. The predicted octanol–water partition coefficient (Wildman–Crippen LogP) is 5.20. The largest absolute Gasteiger partial charge is 0.311 e. The maximum absolute atomic E-state index is 14.1. The molecule has 32 heavy (non-hydrogen) atoms. The second-order valence-electron chi connectivity index (χ2n) is 8.67. The lowest BCUT2D eigenvalue weighted by molar-refractivity contribution is -0.123. The quantitative estimate of drug-likeness (QED) is 0.560. The highest BCUT2D eigenvalue weighted by atomic mass is 32.2. The van der Waals surface area contributed by atoms with Gasteiger partial charge in [-0.3, -0.25) is 9.59 Å². The first-order chi connectivity index (χ1) is 15.4. The van der Waals surface area contributed by atoms with Gasteiger partial charge < -0.3 is 9.80 Å². The fraction of sp³-hybridized carbons (Fsp3) is 0.259. The Morgan fingerprint density at radius 3 is 2.53 bits per heavy atom. The van der Waals surface area contributed by atoms with Crippen LogP contribution < -0.4 is 4.90 Å². The van der Waals surface area contributed by atoms with Crippen molar-refractivity contribution in [2.45, 2.75) is 32.2 Å². The Hall–Kier alpha value is -3.05. The van der Waals surface area contributed by atoms with Crippen LogP contribution in [0.4, 0.5) is 5.69 Å². The molecule has 3 aromatic rings. The summed E-state index contributed by atoms with van der Waals surface area (Å²) in [6.07, 6.45) is 0. The topological polar surface area (TPSA) is 40.6 Å². The molecule has 5 rings (SSSR count). The first kappa shape index (κ1) is 20.8. The Balaban J connectivity index is 1.61. The van der Waals surface area contributed by atoms with Crippen LogP contribution in [0.15, 0.2) is 66.7 Å². The fourth-order valence-electron chi connectivity index (χ4n) is 4.84. The van der Waals surface area contributed by atoms with Gasteiger partial charge >= 0.3 is 0 Å². The van der Waals surface area contributed by atoms with Gasteiger partial charge in [0.25, 0.3) is 11.8 Å². The average molecular weight is 443 g/mol. The monoisotopic (exact) mass is 442 g/mol. The van der Waals surface area contributed by atoms with Crippen molar-refractivity contribution in [3.63, 3.8) is 0 Å². The Labute approximate surface area is 193 Å². The first-order valence-corrected chi connectivity index (χ1v) is 11.9. The molecule has 2 amide bonds. The SMILES string of the molecule is Cc1cccc(CN2C(=O)C3(SCCN3C(=O)c3ccccc3C)c3cc(C)ccc32)c1. The van der Waals surface area contributed by atoms with Gasteiger partial charge in [-0.05, 0) is 44.0 Å². The van der Waals surface area contributed by atoms with Crippen molar-refractivity contribution in [3.05, 3.63) is 100 Å². The van der Waals surface area contributed by atoms with Gasteiger partial charge in [0, 0.05) is 23.4 Å². The first-order valence-electron chi connectivity index (χ1n) is 10.9. The van der Waals surface area contributed by atoms with E-state index in [1.165, 1.54) is 5.56 Å². The normalized spacial score (nSPS) is 19.7. The summed E-state index contributed by atoms with van der Waals surface area (Å²) in [5.41, 5.74) is 6.76. The van der Waals surface area contributed by atoms with Crippen LogP contribution in [-0.4, -0.2) is 29.0 Å². The third-order valence-electron chi connectivity index (χ3n) is 6.39. The number of rotatable bonds is 3. The second-order valence-corrected chi connectivity index (χ2v) is 9.95. The molecule has 0 saturated carbocycles.